The number of hydrogen-bond donors (Lipinski definition) is 1. The zero-order valence-corrected chi connectivity index (χ0v) is 11.6. The van der Waals surface area contributed by atoms with Crippen molar-refractivity contribution in [3.05, 3.63) is 29.6 Å². The average molecular weight is 267 g/mol. The van der Waals surface area contributed by atoms with Crippen LogP contribution in [0.5, 0.6) is 5.75 Å². The quantitative estimate of drug-likeness (QED) is 0.858. The summed E-state index contributed by atoms with van der Waals surface area (Å²) in [6.45, 7) is 1.73. The summed E-state index contributed by atoms with van der Waals surface area (Å²) >= 11 is 0. The van der Waals surface area contributed by atoms with Gasteiger partial charge in [0.1, 0.15) is 0 Å². The summed E-state index contributed by atoms with van der Waals surface area (Å²) in [7, 11) is 3.44. The third-order valence-electron chi connectivity index (χ3n) is 3.75. The number of hydrogen-bond acceptors (Lipinski definition) is 3. The molecule has 0 amide bonds. The Hall–Kier alpha value is -1.13. The maximum absolute atomic E-state index is 13.6. The van der Waals surface area contributed by atoms with Crippen molar-refractivity contribution < 1.29 is 13.9 Å². The van der Waals surface area contributed by atoms with Crippen LogP contribution >= 0.6 is 0 Å². The lowest BCUT2D eigenvalue weighted by Crippen LogP contribution is -2.30. The number of likely N-dealkylation sites (N-methyl/N-ethyl adjacent to an activating group) is 1. The van der Waals surface area contributed by atoms with Crippen LogP contribution in [0.3, 0.4) is 0 Å². The summed E-state index contributed by atoms with van der Waals surface area (Å²) in [5.41, 5.74) is 0.997. The molecule has 1 N–H and O–H groups in total. The number of halogens is 1. The van der Waals surface area contributed by atoms with Gasteiger partial charge in [-0.3, -0.25) is 0 Å². The minimum absolute atomic E-state index is 0.293. The molecule has 1 aromatic carbocycles. The third kappa shape index (κ3) is 3.91. The predicted octanol–water partition coefficient (Wildman–Crippen LogP) is 2.39. The Morgan fingerprint density at radius 2 is 2.37 bits per heavy atom. The topological polar surface area (TPSA) is 30.5 Å². The van der Waals surface area contributed by atoms with Crippen molar-refractivity contribution >= 4 is 0 Å². The molecule has 2 rings (SSSR count). The van der Waals surface area contributed by atoms with Crippen LogP contribution in [-0.4, -0.2) is 33.4 Å². The van der Waals surface area contributed by atoms with E-state index in [1.54, 1.807) is 12.1 Å². The van der Waals surface area contributed by atoms with Gasteiger partial charge >= 0.3 is 0 Å². The smallest absolute Gasteiger partial charge is 0.165 e. The average Bonchev–Trinajstić information content (AvgIpc) is 2.91. The maximum Gasteiger partial charge on any atom is 0.165 e. The van der Waals surface area contributed by atoms with Crippen molar-refractivity contribution in [1.29, 1.82) is 0 Å². The third-order valence-corrected chi connectivity index (χ3v) is 3.75. The molecule has 1 aliphatic heterocycles. The normalized spacial score (nSPS) is 20.5. The number of benzene rings is 1. The van der Waals surface area contributed by atoms with Gasteiger partial charge < -0.3 is 14.8 Å². The minimum Gasteiger partial charge on any atom is -0.494 e. The zero-order chi connectivity index (χ0) is 13.7. The second-order valence-electron chi connectivity index (χ2n) is 5.12. The Labute approximate surface area is 114 Å². The summed E-state index contributed by atoms with van der Waals surface area (Å²) < 4.78 is 24.0. The molecule has 0 spiro atoms. The van der Waals surface area contributed by atoms with Gasteiger partial charge in [-0.1, -0.05) is 6.07 Å². The Morgan fingerprint density at radius 1 is 1.53 bits per heavy atom. The van der Waals surface area contributed by atoms with E-state index in [4.69, 9.17) is 9.47 Å². The highest BCUT2D eigenvalue weighted by molar-refractivity contribution is 5.29. The molecular formula is C15H22FNO2. The summed E-state index contributed by atoms with van der Waals surface area (Å²) in [5.74, 6) is 0.633. The second-order valence-corrected chi connectivity index (χ2v) is 5.12. The largest absolute Gasteiger partial charge is 0.494 e. The molecule has 106 valence electrons. The van der Waals surface area contributed by atoms with Gasteiger partial charge in [0.2, 0.25) is 0 Å². The molecule has 1 aliphatic rings. The summed E-state index contributed by atoms with van der Waals surface area (Å²) in [5, 5.41) is 3.32. The van der Waals surface area contributed by atoms with Crippen molar-refractivity contribution in [2.75, 3.05) is 27.4 Å². The fourth-order valence-corrected chi connectivity index (χ4v) is 2.60. The Balaban J connectivity index is 1.95. The molecule has 4 heteroatoms. The van der Waals surface area contributed by atoms with E-state index in [9.17, 15) is 4.39 Å². The second kappa shape index (κ2) is 6.87. The first-order chi connectivity index (χ1) is 9.22. The number of methoxy groups -OCH3 is 1. The highest BCUT2D eigenvalue weighted by atomic mass is 19.1. The van der Waals surface area contributed by atoms with E-state index in [0.29, 0.717) is 17.7 Å². The van der Waals surface area contributed by atoms with E-state index in [1.165, 1.54) is 7.11 Å². The van der Waals surface area contributed by atoms with Crippen LogP contribution in [-0.2, 0) is 11.2 Å². The molecule has 1 heterocycles. The molecule has 1 aromatic rings. The molecular weight excluding hydrogens is 245 g/mol. The lowest BCUT2D eigenvalue weighted by molar-refractivity contribution is 0.181. The molecule has 0 bridgehead atoms. The molecule has 0 aliphatic carbocycles. The number of rotatable bonds is 6. The van der Waals surface area contributed by atoms with E-state index in [0.717, 1.165) is 38.0 Å². The molecule has 1 fully saturated rings. The standard InChI is InChI=1S/C15H22FNO2/c1-17-13(8-12-5-6-19-10-12)7-11-3-4-15(18-2)14(16)9-11/h3-4,9,12-13,17H,5-8,10H2,1-2H3. The lowest BCUT2D eigenvalue weighted by Gasteiger charge is -2.19. The highest BCUT2D eigenvalue weighted by Gasteiger charge is 2.20. The van der Waals surface area contributed by atoms with Crippen LogP contribution in [0.4, 0.5) is 4.39 Å². The van der Waals surface area contributed by atoms with Gasteiger partial charge in [0.25, 0.3) is 0 Å². The van der Waals surface area contributed by atoms with E-state index < -0.39 is 0 Å². The maximum atomic E-state index is 13.6. The molecule has 19 heavy (non-hydrogen) atoms. The van der Waals surface area contributed by atoms with E-state index in [-0.39, 0.29) is 5.82 Å². The van der Waals surface area contributed by atoms with Crippen LogP contribution in [0, 0.1) is 11.7 Å². The van der Waals surface area contributed by atoms with Crippen LogP contribution in [0.25, 0.3) is 0 Å². The summed E-state index contributed by atoms with van der Waals surface area (Å²) in [6.07, 6.45) is 3.03. The van der Waals surface area contributed by atoms with Gasteiger partial charge in [-0.25, -0.2) is 4.39 Å². The molecule has 2 unspecified atom stereocenters. The molecule has 1 saturated heterocycles. The van der Waals surface area contributed by atoms with Crippen molar-refractivity contribution in [2.45, 2.75) is 25.3 Å². The van der Waals surface area contributed by atoms with Crippen molar-refractivity contribution in [3.8, 4) is 5.75 Å². The Morgan fingerprint density at radius 3 is 2.95 bits per heavy atom. The fourth-order valence-electron chi connectivity index (χ4n) is 2.60. The van der Waals surface area contributed by atoms with Crippen LogP contribution in [0.15, 0.2) is 18.2 Å². The number of nitrogens with one attached hydrogen (secondary N) is 1. The first kappa shape index (κ1) is 14.3. The van der Waals surface area contributed by atoms with Gasteiger partial charge in [-0.15, -0.1) is 0 Å². The first-order valence-corrected chi connectivity index (χ1v) is 6.80. The van der Waals surface area contributed by atoms with Crippen LogP contribution in [0.2, 0.25) is 0 Å². The van der Waals surface area contributed by atoms with Gasteiger partial charge in [-0.05, 0) is 49.9 Å². The van der Waals surface area contributed by atoms with Crippen molar-refractivity contribution in [1.82, 2.24) is 5.32 Å². The van der Waals surface area contributed by atoms with E-state index >= 15 is 0 Å². The number of ether oxygens (including phenoxy) is 2. The zero-order valence-electron chi connectivity index (χ0n) is 11.6. The molecule has 0 aromatic heterocycles. The first-order valence-electron chi connectivity index (χ1n) is 6.80. The Kier molecular flexibility index (Phi) is 5.16. The molecule has 3 nitrogen and oxygen atoms in total. The van der Waals surface area contributed by atoms with Crippen molar-refractivity contribution in [2.24, 2.45) is 5.92 Å². The summed E-state index contributed by atoms with van der Waals surface area (Å²) in [6, 6.07) is 5.54. The van der Waals surface area contributed by atoms with Crippen molar-refractivity contribution in [3.63, 3.8) is 0 Å². The van der Waals surface area contributed by atoms with Crippen LogP contribution < -0.4 is 10.1 Å². The predicted molar refractivity (Wildman–Crippen MR) is 73.0 cm³/mol. The lowest BCUT2D eigenvalue weighted by atomic mass is 9.94. The van der Waals surface area contributed by atoms with Gasteiger partial charge in [-0.2, -0.15) is 0 Å². The van der Waals surface area contributed by atoms with E-state index in [1.807, 2.05) is 13.1 Å². The van der Waals surface area contributed by atoms with E-state index in [2.05, 4.69) is 5.32 Å². The highest BCUT2D eigenvalue weighted by Crippen LogP contribution is 2.22. The monoisotopic (exact) mass is 267 g/mol. The SMILES string of the molecule is CNC(Cc1ccc(OC)c(F)c1)CC1CCOC1. The van der Waals surface area contributed by atoms with Gasteiger partial charge in [0.15, 0.2) is 11.6 Å². The Bertz CT molecular complexity index is 405. The minimum atomic E-state index is -0.293. The molecule has 0 saturated carbocycles. The van der Waals surface area contributed by atoms with Gasteiger partial charge in [0.05, 0.1) is 7.11 Å². The molecule has 0 radical (unpaired) electrons. The van der Waals surface area contributed by atoms with Gasteiger partial charge in [0, 0.05) is 19.3 Å². The fraction of sp³-hybridized carbons (Fsp3) is 0.600. The summed E-state index contributed by atoms with van der Waals surface area (Å²) in [4.78, 5) is 0. The molecule has 2 atom stereocenters. The van der Waals surface area contributed by atoms with Crippen LogP contribution in [0.1, 0.15) is 18.4 Å².